The third kappa shape index (κ3) is 4.31. The van der Waals surface area contributed by atoms with Gasteiger partial charge in [-0.2, -0.15) is 0 Å². The smallest absolute Gasteiger partial charge is 0.241 e. The first-order chi connectivity index (χ1) is 10.2. The van der Waals surface area contributed by atoms with Crippen LogP contribution in [0.4, 0.5) is 11.4 Å². The highest BCUT2D eigenvalue weighted by Crippen LogP contribution is 2.26. The summed E-state index contributed by atoms with van der Waals surface area (Å²) in [7, 11) is 0. The van der Waals surface area contributed by atoms with Crippen molar-refractivity contribution in [3.63, 3.8) is 0 Å². The molecule has 4 N–H and O–H groups in total. The van der Waals surface area contributed by atoms with Crippen molar-refractivity contribution in [2.24, 2.45) is 0 Å². The number of hydrogen-bond donors (Lipinski definition) is 2. The maximum atomic E-state index is 5.92. The largest absolute Gasteiger partial charge is 0.453 e. The molecule has 0 fully saturated rings. The number of para-hydroxylation sites is 4. The molecule has 2 aromatic rings. The van der Waals surface area contributed by atoms with Crippen LogP contribution >= 0.6 is 0 Å². The predicted octanol–water partition coefficient (Wildman–Crippen LogP) is 3.83. The Morgan fingerprint density at radius 2 is 1.33 bits per heavy atom. The van der Waals surface area contributed by atoms with Crippen molar-refractivity contribution >= 4 is 11.4 Å². The molecule has 0 heterocycles. The molecule has 0 saturated heterocycles. The van der Waals surface area contributed by atoms with E-state index >= 15 is 0 Å². The minimum Gasteiger partial charge on any atom is -0.453 e. The highest BCUT2D eigenvalue weighted by atomic mass is 16.7. The van der Waals surface area contributed by atoms with E-state index in [1.165, 1.54) is 0 Å². The molecule has 0 bridgehead atoms. The lowest BCUT2D eigenvalue weighted by Gasteiger charge is -2.22. The summed E-state index contributed by atoms with van der Waals surface area (Å²) in [6.07, 6.45) is 2.44. The maximum absolute atomic E-state index is 5.92. The second kappa shape index (κ2) is 7.43. The first kappa shape index (κ1) is 15.0. The van der Waals surface area contributed by atoms with Gasteiger partial charge in [-0.15, -0.1) is 0 Å². The molecule has 4 heteroatoms. The first-order valence-corrected chi connectivity index (χ1v) is 7.23. The van der Waals surface area contributed by atoms with Gasteiger partial charge in [0.25, 0.3) is 0 Å². The first-order valence-electron chi connectivity index (χ1n) is 7.23. The molecule has 0 aliphatic heterocycles. The Bertz CT molecular complexity index is 525. The average molecular weight is 286 g/mol. The molecular weight excluding hydrogens is 264 g/mol. The maximum Gasteiger partial charge on any atom is 0.241 e. The van der Waals surface area contributed by atoms with Gasteiger partial charge in [0, 0.05) is 6.42 Å². The topological polar surface area (TPSA) is 70.5 Å². The molecule has 0 saturated carbocycles. The molecule has 0 spiro atoms. The van der Waals surface area contributed by atoms with Gasteiger partial charge in [0.2, 0.25) is 6.29 Å². The third-order valence-electron chi connectivity index (χ3n) is 3.15. The van der Waals surface area contributed by atoms with Gasteiger partial charge < -0.3 is 20.9 Å². The lowest BCUT2D eigenvalue weighted by molar-refractivity contribution is -0.000993. The van der Waals surface area contributed by atoms with Crippen molar-refractivity contribution in [3.8, 4) is 11.5 Å². The highest BCUT2D eigenvalue weighted by Gasteiger charge is 2.14. The van der Waals surface area contributed by atoms with E-state index in [1.807, 2.05) is 48.5 Å². The van der Waals surface area contributed by atoms with Crippen LogP contribution in [-0.2, 0) is 0 Å². The van der Waals surface area contributed by atoms with Crippen LogP contribution in [0.3, 0.4) is 0 Å². The molecule has 0 unspecified atom stereocenters. The van der Waals surface area contributed by atoms with Gasteiger partial charge in [0.15, 0.2) is 0 Å². The summed E-state index contributed by atoms with van der Waals surface area (Å²) in [5.41, 5.74) is 13.0. The van der Waals surface area contributed by atoms with E-state index in [0.29, 0.717) is 22.9 Å². The van der Waals surface area contributed by atoms with Crippen molar-refractivity contribution in [2.75, 3.05) is 11.5 Å². The summed E-state index contributed by atoms with van der Waals surface area (Å²) in [6.45, 7) is 2.13. The Balaban J connectivity index is 2.11. The average Bonchev–Trinajstić information content (AvgIpc) is 2.49. The highest BCUT2D eigenvalue weighted by molar-refractivity contribution is 5.53. The van der Waals surface area contributed by atoms with E-state index in [9.17, 15) is 0 Å². The molecule has 0 amide bonds. The Morgan fingerprint density at radius 3 is 1.76 bits per heavy atom. The minimum absolute atomic E-state index is 0.403. The quantitative estimate of drug-likeness (QED) is 0.599. The van der Waals surface area contributed by atoms with Crippen LogP contribution in [0.2, 0.25) is 0 Å². The number of hydrogen-bond acceptors (Lipinski definition) is 4. The number of unbranched alkanes of at least 4 members (excludes halogenated alkanes) is 1. The van der Waals surface area contributed by atoms with E-state index in [4.69, 9.17) is 20.9 Å². The molecule has 4 nitrogen and oxygen atoms in total. The van der Waals surface area contributed by atoms with Crippen molar-refractivity contribution in [3.05, 3.63) is 48.5 Å². The minimum atomic E-state index is -0.403. The third-order valence-corrected chi connectivity index (χ3v) is 3.15. The summed E-state index contributed by atoms with van der Waals surface area (Å²) < 4.78 is 11.8. The standard InChI is InChI=1S/C17H22N2O2/c1-2-3-12-17(20-15-10-6-4-8-13(15)18)21-16-11-7-5-9-14(16)19/h4-11,17H,2-3,12,18-19H2,1H3. The molecular formula is C17H22N2O2. The molecule has 0 atom stereocenters. The van der Waals surface area contributed by atoms with Crippen LogP contribution in [0.25, 0.3) is 0 Å². The van der Waals surface area contributed by atoms with Crippen molar-refractivity contribution in [1.82, 2.24) is 0 Å². The molecule has 2 aromatic carbocycles. The Kier molecular flexibility index (Phi) is 5.32. The Hall–Kier alpha value is -2.36. The number of nitrogens with two attached hydrogens (primary N) is 2. The summed E-state index contributed by atoms with van der Waals surface area (Å²) in [4.78, 5) is 0. The van der Waals surface area contributed by atoms with Crippen LogP contribution in [-0.4, -0.2) is 6.29 Å². The van der Waals surface area contributed by atoms with Crippen LogP contribution in [0, 0.1) is 0 Å². The van der Waals surface area contributed by atoms with E-state index in [1.54, 1.807) is 0 Å². The number of nitrogen functional groups attached to an aromatic ring is 2. The normalized spacial score (nSPS) is 10.6. The number of benzene rings is 2. The van der Waals surface area contributed by atoms with Gasteiger partial charge in [-0.05, 0) is 30.7 Å². The molecule has 112 valence electrons. The zero-order valence-electron chi connectivity index (χ0n) is 12.3. The summed E-state index contributed by atoms with van der Waals surface area (Å²) in [6, 6.07) is 14.8. The predicted molar refractivity (Wildman–Crippen MR) is 86.3 cm³/mol. The summed E-state index contributed by atoms with van der Waals surface area (Å²) >= 11 is 0. The van der Waals surface area contributed by atoms with Crippen LogP contribution in [0.5, 0.6) is 11.5 Å². The molecule has 0 radical (unpaired) electrons. The van der Waals surface area contributed by atoms with Gasteiger partial charge in [-0.1, -0.05) is 37.6 Å². The summed E-state index contributed by atoms with van der Waals surface area (Å²) in [5.74, 6) is 1.27. The zero-order valence-corrected chi connectivity index (χ0v) is 12.3. The number of ether oxygens (including phenoxy) is 2. The van der Waals surface area contributed by atoms with Crippen molar-refractivity contribution in [1.29, 1.82) is 0 Å². The van der Waals surface area contributed by atoms with Crippen LogP contribution in [0.15, 0.2) is 48.5 Å². The lowest BCUT2D eigenvalue weighted by atomic mass is 10.2. The van der Waals surface area contributed by atoms with E-state index < -0.39 is 6.29 Å². The van der Waals surface area contributed by atoms with Crippen LogP contribution in [0.1, 0.15) is 26.2 Å². The number of rotatable bonds is 7. The Morgan fingerprint density at radius 1 is 0.857 bits per heavy atom. The molecule has 0 aliphatic carbocycles. The van der Waals surface area contributed by atoms with E-state index in [0.717, 1.165) is 19.3 Å². The fraction of sp³-hybridized carbons (Fsp3) is 0.294. The fourth-order valence-corrected chi connectivity index (χ4v) is 1.97. The van der Waals surface area contributed by atoms with Gasteiger partial charge in [0.1, 0.15) is 11.5 Å². The summed E-state index contributed by atoms with van der Waals surface area (Å²) in [5, 5.41) is 0. The van der Waals surface area contributed by atoms with Gasteiger partial charge in [-0.3, -0.25) is 0 Å². The molecule has 0 aromatic heterocycles. The van der Waals surface area contributed by atoms with Crippen molar-refractivity contribution in [2.45, 2.75) is 32.5 Å². The molecule has 2 rings (SSSR count). The van der Waals surface area contributed by atoms with Gasteiger partial charge in [0.05, 0.1) is 11.4 Å². The molecule has 0 aliphatic rings. The second-order valence-corrected chi connectivity index (χ2v) is 4.88. The number of anilines is 2. The fourth-order valence-electron chi connectivity index (χ4n) is 1.97. The van der Waals surface area contributed by atoms with Gasteiger partial charge >= 0.3 is 0 Å². The second-order valence-electron chi connectivity index (χ2n) is 4.88. The van der Waals surface area contributed by atoms with Crippen molar-refractivity contribution < 1.29 is 9.47 Å². The monoisotopic (exact) mass is 286 g/mol. The van der Waals surface area contributed by atoms with E-state index in [-0.39, 0.29) is 0 Å². The van der Waals surface area contributed by atoms with E-state index in [2.05, 4.69) is 6.92 Å². The zero-order chi connectivity index (χ0) is 15.1. The SMILES string of the molecule is CCCCC(Oc1ccccc1N)Oc1ccccc1N. The molecule has 21 heavy (non-hydrogen) atoms. The van der Waals surface area contributed by atoms with Gasteiger partial charge in [-0.25, -0.2) is 0 Å². The lowest BCUT2D eigenvalue weighted by Crippen LogP contribution is -2.24. The Labute approximate surface area is 125 Å². The van der Waals surface area contributed by atoms with Crippen LogP contribution < -0.4 is 20.9 Å².